The zero-order valence-corrected chi connectivity index (χ0v) is 11.4. The number of carbonyl (C=O) groups excluding carboxylic acids is 2. The molecule has 8 heteroatoms. The van der Waals surface area contributed by atoms with Gasteiger partial charge in [0.15, 0.2) is 23.3 Å². The lowest BCUT2D eigenvalue weighted by atomic mass is 9.89. The number of carbonyl (C=O) groups is 2. The van der Waals surface area contributed by atoms with Gasteiger partial charge in [-0.15, -0.1) is 0 Å². The van der Waals surface area contributed by atoms with Gasteiger partial charge in [0.25, 0.3) is 5.91 Å². The summed E-state index contributed by atoms with van der Waals surface area (Å²) < 4.78 is 65.6. The molecule has 0 saturated heterocycles. The summed E-state index contributed by atoms with van der Waals surface area (Å²) in [5.41, 5.74) is -2.73. The lowest BCUT2D eigenvalue weighted by Gasteiger charge is -2.20. The molecule has 21 heavy (non-hydrogen) atoms. The van der Waals surface area contributed by atoms with Crippen LogP contribution >= 0.6 is 0 Å². The number of halogens is 5. The number of amides is 2. The Kier molecular flexibility index (Phi) is 4.70. The zero-order valence-electron chi connectivity index (χ0n) is 11.4. The molecule has 0 spiro atoms. The molecule has 116 valence electrons. The third-order valence-corrected chi connectivity index (χ3v) is 3.16. The van der Waals surface area contributed by atoms with E-state index in [9.17, 15) is 31.5 Å². The summed E-state index contributed by atoms with van der Waals surface area (Å²) in [6, 6.07) is 0. The van der Waals surface area contributed by atoms with Crippen molar-refractivity contribution in [2.75, 3.05) is 0 Å². The quantitative estimate of drug-likeness (QED) is 0.530. The van der Waals surface area contributed by atoms with Gasteiger partial charge in [-0.25, -0.2) is 22.0 Å². The van der Waals surface area contributed by atoms with E-state index in [0.717, 1.165) is 0 Å². The first-order valence-corrected chi connectivity index (χ1v) is 5.91. The first kappa shape index (κ1) is 17.1. The molecule has 0 fully saturated rings. The highest BCUT2D eigenvalue weighted by atomic mass is 19.2. The van der Waals surface area contributed by atoms with Crippen molar-refractivity contribution < 1.29 is 31.5 Å². The highest BCUT2D eigenvalue weighted by Crippen LogP contribution is 2.24. The molecule has 0 aliphatic heterocycles. The number of rotatable bonds is 3. The van der Waals surface area contributed by atoms with Crippen LogP contribution in [-0.2, 0) is 4.79 Å². The molecule has 1 N–H and O–H groups in total. The van der Waals surface area contributed by atoms with Crippen molar-refractivity contribution in [3.8, 4) is 0 Å². The maximum absolute atomic E-state index is 13.4. The topological polar surface area (TPSA) is 46.2 Å². The van der Waals surface area contributed by atoms with Gasteiger partial charge in [0, 0.05) is 5.41 Å². The van der Waals surface area contributed by atoms with E-state index in [1.54, 1.807) is 12.2 Å². The summed E-state index contributed by atoms with van der Waals surface area (Å²) in [6.45, 7) is 4.53. The van der Waals surface area contributed by atoms with Crippen molar-refractivity contribution in [2.24, 2.45) is 5.41 Å². The normalized spacial score (nSPS) is 11.4. The SMILES string of the molecule is CCC(C)(C)C(=O)NC(=O)c1c(F)c(F)c(F)c(F)c1F. The van der Waals surface area contributed by atoms with Crippen molar-refractivity contribution in [3.05, 3.63) is 34.6 Å². The van der Waals surface area contributed by atoms with Crippen LogP contribution < -0.4 is 5.32 Å². The first-order chi connectivity index (χ1) is 9.54. The van der Waals surface area contributed by atoms with E-state index >= 15 is 0 Å². The monoisotopic (exact) mass is 309 g/mol. The molecular weight excluding hydrogens is 297 g/mol. The molecule has 0 aliphatic carbocycles. The molecule has 0 heterocycles. The van der Waals surface area contributed by atoms with Gasteiger partial charge in [-0.2, -0.15) is 0 Å². The van der Waals surface area contributed by atoms with Crippen LogP contribution in [0.25, 0.3) is 0 Å². The molecule has 3 nitrogen and oxygen atoms in total. The Labute approximate surface area is 117 Å². The van der Waals surface area contributed by atoms with Gasteiger partial charge in [0.05, 0.1) is 0 Å². The summed E-state index contributed by atoms with van der Waals surface area (Å²) in [6.07, 6.45) is 0.295. The minimum atomic E-state index is -2.37. The third-order valence-electron chi connectivity index (χ3n) is 3.16. The first-order valence-electron chi connectivity index (χ1n) is 5.91. The minimum absolute atomic E-state index is 0.295. The van der Waals surface area contributed by atoms with E-state index < -0.39 is 51.9 Å². The number of imide groups is 1. The van der Waals surface area contributed by atoms with Gasteiger partial charge in [-0.1, -0.05) is 20.8 Å². The van der Waals surface area contributed by atoms with E-state index in [1.807, 2.05) is 0 Å². The predicted molar refractivity (Wildman–Crippen MR) is 62.8 cm³/mol. The minimum Gasteiger partial charge on any atom is -0.292 e. The zero-order chi connectivity index (χ0) is 16.5. The van der Waals surface area contributed by atoms with Crippen LogP contribution in [0.15, 0.2) is 0 Å². The smallest absolute Gasteiger partial charge is 0.264 e. The summed E-state index contributed by atoms with van der Waals surface area (Å²) in [5.74, 6) is -14.0. The van der Waals surface area contributed by atoms with Gasteiger partial charge in [-0.05, 0) is 6.42 Å². The van der Waals surface area contributed by atoms with Crippen LogP contribution in [0.2, 0.25) is 0 Å². The molecule has 1 rings (SSSR count). The average Bonchev–Trinajstić information content (AvgIpc) is 2.43. The average molecular weight is 309 g/mol. The van der Waals surface area contributed by atoms with E-state index in [0.29, 0.717) is 6.42 Å². The summed E-state index contributed by atoms with van der Waals surface area (Å²) in [4.78, 5) is 23.3. The number of hydrogen-bond acceptors (Lipinski definition) is 2. The van der Waals surface area contributed by atoms with Crippen LogP contribution in [-0.4, -0.2) is 11.8 Å². The van der Waals surface area contributed by atoms with E-state index in [1.165, 1.54) is 13.8 Å². The molecule has 0 radical (unpaired) electrons. The largest absolute Gasteiger partial charge is 0.292 e. The standard InChI is InChI=1S/C13H12F5NO2/c1-4-13(2,3)12(21)19-11(20)5-6(14)8(16)10(18)9(17)7(5)15/h4H2,1-3H3,(H,19,20,21). The van der Waals surface area contributed by atoms with Crippen molar-refractivity contribution in [3.63, 3.8) is 0 Å². The molecule has 0 aliphatic rings. The Morgan fingerprint density at radius 2 is 1.29 bits per heavy atom. The van der Waals surface area contributed by atoms with Gasteiger partial charge in [0.1, 0.15) is 5.56 Å². The van der Waals surface area contributed by atoms with Crippen LogP contribution in [0, 0.1) is 34.5 Å². The van der Waals surface area contributed by atoms with Crippen LogP contribution in [0.4, 0.5) is 22.0 Å². The molecule has 2 amide bonds. The highest BCUT2D eigenvalue weighted by Gasteiger charge is 2.33. The fourth-order valence-corrected chi connectivity index (χ4v) is 1.30. The Bertz CT molecular complexity index is 584. The fraction of sp³-hybridized carbons (Fsp3) is 0.385. The number of nitrogens with one attached hydrogen (secondary N) is 1. The molecule has 0 bridgehead atoms. The second-order valence-corrected chi connectivity index (χ2v) is 4.97. The van der Waals surface area contributed by atoms with Crippen molar-refractivity contribution in [1.29, 1.82) is 0 Å². The molecule has 1 aromatic rings. The number of benzene rings is 1. The molecule has 0 unspecified atom stereocenters. The Morgan fingerprint density at radius 3 is 1.67 bits per heavy atom. The Balaban J connectivity index is 3.24. The summed E-state index contributed by atoms with van der Waals surface area (Å²) >= 11 is 0. The maximum Gasteiger partial charge on any atom is 0.264 e. The van der Waals surface area contributed by atoms with E-state index in [4.69, 9.17) is 0 Å². The molecule has 1 aromatic carbocycles. The highest BCUT2D eigenvalue weighted by molar-refractivity contribution is 6.06. The van der Waals surface area contributed by atoms with Crippen LogP contribution in [0.5, 0.6) is 0 Å². The Hall–Kier alpha value is -1.99. The van der Waals surface area contributed by atoms with Crippen molar-refractivity contribution in [2.45, 2.75) is 27.2 Å². The lowest BCUT2D eigenvalue weighted by Crippen LogP contribution is -2.41. The van der Waals surface area contributed by atoms with Crippen molar-refractivity contribution in [1.82, 2.24) is 5.32 Å². The summed E-state index contributed by atoms with van der Waals surface area (Å²) in [7, 11) is 0. The molecular formula is C13H12F5NO2. The lowest BCUT2D eigenvalue weighted by molar-refractivity contribution is -0.128. The van der Waals surface area contributed by atoms with Gasteiger partial charge < -0.3 is 0 Å². The third kappa shape index (κ3) is 3.03. The second-order valence-electron chi connectivity index (χ2n) is 4.97. The van der Waals surface area contributed by atoms with Crippen LogP contribution in [0.1, 0.15) is 37.6 Å². The van der Waals surface area contributed by atoms with Gasteiger partial charge >= 0.3 is 0 Å². The maximum atomic E-state index is 13.4. The number of hydrogen-bond donors (Lipinski definition) is 1. The van der Waals surface area contributed by atoms with Gasteiger partial charge in [0.2, 0.25) is 11.7 Å². The second kappa shape index (κ2) is 5.79. The molecule has 0 atom stereocenters. The summed E-state index contributed by atoms with van der Waals surface area (Å²) in [5, 5.41) is 1.63. The van der Waals surface area contributed by atoms with Crippen molar-refractivity contribution >= 4 is 11.8 Å². The fourth-order valence-electron chi connectivity index (χ4n) is 1.30. The molecule has 0 aromatic heterocycles. The molecule has 0 saturated carbocycles. The van der Waals surface area contributed by atoms with Crippen LogP contribution in [0.3, 0.4) is 0 Å². The van der Waals surface area contributed by atoms with E-state index in [-0.39, 0.29) is 0 Å². The van der Waals surface area contributed by atoms with E-state index in [2.05, 4.69) is 0 Å². The predicted octanol–water partition coefficient (Wildman–Crippen LogP) is 3.07. The van der Waals surface area contributed by atoms with Gasteiger partial charge in [-0.3, -0.25) is 14.9 Å². The Morgan fingerprint density at radius 1 is 0.905 bits per heavy atom.